The van der Waals surface area contributed by atoms with Crippen molar-refractivity contribution >= 4 is 0 Å². The van der Waals surface area contributed by atoms with Gasteiger partial charge in [-0.1, -0.05) is 36.4 Å². The smallest absolute Gasteiger partial charge is 0.0716 e. The predicted molar refractivity (Wildman–Crippen MR) is 74.5 cm³/mol. The molecule has 0 heterocycles. The van der Waals surface area contributed by atoms with Gasteiger partial charge >= 0.3 is 0 Å². The van der Waals surface area contributed by atoms with E-state index in [1.807, 2.05) is 19.1 Å². The number of methoxy groups -OCH3 is 1. The summed E-state index contributed by atoms with van der Waals surface area (Å²) >= 11 is 0. The van der Waals surface area contributed by atoms with Crippen LogP contribution in [0.3, 0.4) is 0 Å². The van der Waals surface area contributed by atoms with E-state index in [0.717, 1.165) is 18.7 Å². The maximum atomic E-state index is 5.42. The highest BCUT2D eigenvalue weighted by molar-refractivity contribution is 5.26. The van der Waals surface area contributed by atoms with E-state index in [-0.39, 0.29) is 0 Å². The molecule has 0 amide bonds. The second-order valence-electron chi connectivity index (χ2n) is 4.39. The lowest BCUT2D eigenvalue weighted by atomic mass is 10.1. The van der Waals surface area contributed by atoms with Crippen LogP contribution in [0.25, 0.3) is 0 Å². The topological polar surface area (TPSA) is 30.5 Å². The molecule has 0 spiro atoms. The summed E-state index contributed by atoms with van der Waals surface area (Å²) in [6.07, 6.45) is 0. The second-order valence-corrected chi connectivity index (χ2v) is 4.39. The normalized spacial score (nSPS) is 10.6. The van der Waals surface area contributed by atoms with Crippen molar-refractivity contribution in [3.63, 3.8) is 0 Å². The molecule has 0 saturated heterocycles. The molecule has 3 heteroatoms. The highest BCUT2D eigenvalue weighted by atomic mass is 16.5. The lowest BCUT2D eigenvalue weighted by Gasteiger charge is -2.10. The highest BCUT2D eigenvalue weighted by Gasteiger charge is 2.00. The van der Waals surface area contributed by atoms with Crippen LogP contribution in [0.4, 0.5) is 0 Å². The van der Waals surface area contributed by atoms with Gasteiger partial charge in [-0.2, -0.15) is 0 Å². The molecule has 0 aliphatic carbocycles. The molecular weight excluding hydrogens is 226 g/mol. The summed E-state index contributed by atoms with van der Waals surface area (Å²) in [4.78, 5) is 0. The molecule has 0 aliphatic heterocycles. The largest absolute Gasteiger partial charge is 0.380 e. The summed E-state index contributed by atoms with van der Waals surface area (Å²) in [6.45, 7) is 9.45. The van der Waals surface area contributed by atoms with Gasteiger partial charge in [-0.05, 0) is 18.1 Å². The monoisotopic (exact) mass is 249 g/mol. The van der Waals surface area contributed by atoms with Gasteiger partial charge in [0.25, 0.3) is 0 Å². The zero-order valence-corrected chi connectivity index (χ0v) is 11.4. The average Bonchev–Trinajstić information content (AvgIpc) is 2.35. The maximum absolute atomic E-state index is 5.42. The Morgan fingerprint density at radius 2 is 2.00 bits per heavy atom. The lowest BCUT2D eigenvalue weighted by molar-refractivity contribution is 0.157. The fourth-order valence-electron chi connectivity index (χ4n) is 1.64. The van der Waals surface area contributed by atoms with Gasteiger partial charge in [0.1, 0.15) is 0 Å². The molecule has 0 aliphatic rings. The Morgan fingerprint density at radius 3 is 2.67 bits per heavy atom. The van der Waals surface area contributed by atoms with Crippen molar-refractivity contribution in [1.29, 1.82) is 0 Å². The van der Waals surface area contributed by atoms with Gasteiger partial charge in [0.2, 0.25) is 0 Å². The summed E-state index contributed by atoms with van der Waals surface area (Å²) in [5.74, 6) is 0. The molecule has 3 nitrogen and oxygen atoms in total. The van der Waals surface area contributed by atoms with Crippen molar-refractivity contribution in [2.45, 2.75) is 20.1 Å². The lowest BCUT2D eigenvalue weighted by Crippen LogP contribution is -2.20. The minimum Gasteiger partial charge on any atom is -0.380 e. The number of hydrogen-bond donors (Lipinski definition) is 1. The molecule has 0 radical (unpaired) electrons. The molecule has 18 heavy (non-hydrogen) atoms. The van der Waals surface area contributed by atoms with Crippen molar-refractivity contribution in [1.82, 2.24) is 5.32 Å². The molecule has 1 rings (SSSR count). The first-order valence-corrected chi connectivity index (χ1v) is 6.22. The van der Waals surface area contributed by atoms with E-state index < -0.39 is 0 Å². The van der Waals surface area contributed by atoms with Crippen LogP contribution in [-0.4, -0.2) is 26.9 Å². The van der Waals surface area contributed by atoms with E-state index in [1.54, 1.807) is 7.11 Å². The van der Waals surface area contributed by atoms with Crippen molar-refractivity contribution in [3.05, 3.63) is 47.5 Å². The van der Waals surface area contributed by atoms with Crippen LogP contribution in [0.15, 0.2) is 36.4 Å². The van der Waals surface area contributed by atoms with E-state index in [2.05, 4.69) is 24.0 Å². The Balaban J connectivity index is 2.24. The van der Waals surface area contributed by atoms with E-state index in [0.29, 0.717) is 19.8 Å². The van der Waals surface area contributed by atoms with Gasteiger partial charge in [-0.15, -0.1) is 0 Å². The summed E-state index contributed by atoms with van der Waals surface area (Å²) in [5, 5.41) is 3.36. The van der Waals surface area contributed by atoms with E-state index >= 15 is 0 Å². The third kappa shape index (κ3) is 5.96. The molecule has 0 atom stereocenters. The number of hydrogen-bond acceptors (Lipinski definition) is 3. The van der Waals surface area contributed by atoms with E-state index in [9.17, 15) is 0 Å². The maximum Gasteiger partial charge on any atom is 0.0716 e. The molecule has 0 bridgehead atoms. The molecule has 1 N–H and O–H groups in total. The van der Waals surface area contributed by atoms with Crippen LogP contribution in [0.1, 0.15) is 18.1 Å². The fraction of sp³-hybridized carbons (Fsp3) is 0.467. The Morgan fingerprint density at radius 1 is 1.28 bits per heavy atom. The Labute approximate surface area is 110 Å². The van der Waals surface area contributed by atoms with Gasteiger partial charge in [0.05, 0.1) is 19.8 Å². The SMILES string of the molecule is C=C(C)COCCNCc1ccccc1COC. The summed E-state index contributed by atoms with van der Waals surface area (Å²) < 4.78 is 10.6. The van der Waals surface area contributed by atoms with Crippen LogP contribution in [0, 0.1) is 0 Å². The molecule has 0 saturated carbocycles. The molecule has 1 aromatic rings. The number of ether oxygens (including phenoxy) is 2. The van der Waals surface area contributed by atoms with Crippen molar-refractivity contribution in [3.8, 4) is 0 Å². The first-order chi connectivity index (χ1) is 8.74. The Bertz CT molecular complexity index is 363. The number of rotatable bonds is 9. The Kier molecular flexibility index (Phi) is 7.34. The minimum atomic E-state index is 0.641. The molecular formula is C15H23NO2. The number of benzene rings is 1. The van der Waals surface area contributed by atoms with Gasteiger partial charge < -0.3 is 14.8 Å². The average molecular weight is 249 g/mol. The van der Waals surface area contributed by atoms with Crippen LogP contribution in [0.2, 0.25) is 0 Å². The summed E-state index contributed by atoms with van der Waals surface area (Å²) in [6, 6.07) is 8.30. The van der Waals surface area contributed by atoms with Gasteiger partial charge in [0.15, 0.2) is 0 Å². The predicted octanol–water partition coefficient (Wildman–Crippen LogP) is 2.52. The zero-order chi connectivity index (χ0) is 13.2. The molecule has 0 fully saturated rings. The standard InChI is InChI=1S/C15H23NO2/c1-13(2)11-18-9-8-16-10-14-6-4-5-7-15(14)12-17-3/h4-7,16H,1,8-12H2,2-3H3. The van der Waals surface area contributed by atoms with Crippen LogP contribution in [-0.2, 0) is 22.6 Å². The fourth-order valence-corrected chi connectivity index (χ4v) is 1.64. The first kappa shape index (κ1) is 14.9. The van der Waals surface area contributed by atoms with Gasteiger partial charge in [-0.25, -0.2) is 0 Å². The van der Waals surface area contributed by atoms with Crippen LogP contribution >= 0.6 is 0 Å². The first-order valence-electron chi connectivity index (χ1n) is 6.22. The minimum absolute atomic E-state index is 0.641. The van der Waals surface area contributed by atoms with Crippen LogP contribution in [0.5, 0.6) is 0 Å². The third-order valence-electron chi connectivity index (χ3n) is 2.51. The van der Waals surface area contributed by atoms with Crippen molar-refractivity contribution < 1.29 is 9.47 Å². The summed E-state index contributed by atoms with van der Waals surface area (Å²) in [7, 11) is 1.72. The van der Waals surface area contributed by atoms with Crippen LogP contribution < -0.4 is 5.32 Å². The molecule has 1 aromatic carbocycles. The quantitative estimate of drug-likeness (QED) is 0.539. The van der Waals surface area contributed by atoms with E-state index in [4.69, 9.17) is 9.47 Å². The van der Waals surface area contributed by atoms with Crippen molar-refractivity contribution in [2.75, 3.05) is 26.9 Å². The van der Waals surface area contributed by atoms with Gasteiger partial charge in [0, 0.05) is 20.2 Å². The zero-order valence-electron chi connectivity index (χ0n) is 11.4. The van der Waals surface area contributed by atoms with Crippen molar-refractivity contribution in [2.24, 2.45) is 0 Å². The highest BCUT2D eigenvalue weighted by Crippen LogP contribution is 2.09. The number of nitrogens with one attached hydrogen (secondary N) is 1. The third-order valence-corrected chi connectivity index (χ3v) is 2.51. The molecule has 0 unspecified atom stereocenters. The van der Waals surface area contributed by atoms with Gasteiger partial charge in [-0.3, -0.25) is 0 Å². The molecule has 100 valence electrons. The summed E-state index contributed by atoms with van der Waals surface area (Å²) in [5.41, 5.74) is 3.56. The second kappa shape index (κ2) is 8.86. The van der Waals surface area contributed by atoms with E-state index in [1.165, 1.54) is 11.1 Å². The Hall–Kier alpha value is -1.16. The molecule has 0 aromatic heterocycles.